The topological polar surface area (TPSA) is 57.0 Å². The second-order valence-corrected chi connectivity index (χ2v) is 4.45. The fourth-order valence-electron chi connectivity index (χ4n) is 1.93. The molecule has 3 aromatic rings. The average Bonchev–Trinajstić information content (AvgIpc) is 2.52. The van der Waals surface area contributed by atoms with Gasteiger partial charge in [0.25, 0.3) is 5.56 Å². The molecule has 104 valence electrons. The predicted molar refractivity (Wildman–Crippen MR) is 79.2 cm³/mol. The van der Waals surface area contributed by atoms with E-state index in [0.29, 0.717) is 17.3 Å². The Morgan fingerprint density at radius 2 is 1.81 bits per heavy atom. The van der Waals surface area contributed by atoms with Gasteiger partial charge in [-0.2, -0.15) is 5.10 Å². The zero-order valence-electron chi connectivity index (χ0n) is 11.4. The molecule has 5 heteroatoms. The van der Waals surface area contributed by atoms with Crippen molar-refractivity contribution in [1.29, 1.82) is 0 Å². The van der Waals surface area contributed by atoms with E-state index >= 15 is 0 Å². The molecule has 2 heterocycles. The van der Waals surface area contributed by atoms with E-state index in [4.69, 9.17) is 4.74 Å². The highest BCUT2D eigenvalue weighted by Crippen LogP contribution is 2.30. The molecule has 1 aromatic carbocycles. The highest BCUT2D eigenvalue weighted by atomic mass is 16.5. The van der Waals surface area contributed by atoms with Gasteiger partial charge in [0.1, 0.15) is 5.75 Å². The van der Waals surface area contributed by atoms with Crippen LogP contribution in [0.25, 0.3) is 11.3 Å². The molecule has 0 aliphatic rings. The monoisotopic (exact) mass is 279 g/mol. The molecule has 0 atom stereocenters. The summed E-state index contributed by atoms with van der Waals surface area (Å²) in [7, 11) is 1.62. The predicted octanol–water partition coefficient (Wildman–Crippen LogP) is 2.63. The lowest BCUT2D eigenvalue weighted by Gasteiger charge is -2.10. The van der Waals surface area contributed by atoms with Gasteiger partial charge < -0.3 is 4.74 Å². The number of nitrogens with zero attached hydrogens (tertiary/aromatic N) is 3. The van der Waals surface area contributed by atoms with Gasteiger partial charge in [0.15, 0.2) is 0 Å². The minimum Gasteiger partial charge on any atom is -0.438 e. The summed E-state index contributed by atoms with van der Waals surface area (Å²) >= 11 is 0. The van der Waals surface area contributed by atoms with E-state index in [1.165, 1.54) is 10.7 Å². The van der Waals surface area contributed by atoms with Crippen molar-refractivity contribution < 1.29 is 4.74 Å². The molecule has 21 heavy (non-hydrogen) atoms. The Morgan fingerprint density at radius 1 is 1.00 bits per heavy atom. The lowest BCUT2D eigenvalue weighted by molar-refractivity contribution is 0.464. The Labute approximate surface area is 121 Å². The summed E-state index contributed by atoms with van der Waals surface area (Å²) in [6, 6.07) is 16.1. The summed E-state index contributed by atoms with van der Waals surface area (Å²) in [4.78, 5) is 15.6. The van der Waals surface area contributed by atoms with Gasteiger partial charge in [-0.1, -0.05) is 18.2 Å². The van der Waals surface area contributed by atoms with Gasteiger partial charge in [-0.3, -0.25) is 4.79 Å². The number of benzene rings is 1. The standard InChI is InChI=1S/C16H13N3O2/c1-19-16(20)10-9-13(18-19)12-6-2-3-7-14(12)21-15-8-4-5-11-17-15/h2-11H,1H3. The van der Waals surface area contributed by atoms with Gasteiger partial charge in [-0.05, 0) is 24.3 Å². The molecule has 0 unspecified atom stereocenters. The van der Waals surface area contributed by atoms with Gasteiger partial charge in [-0.25, -0.2) is 9.67 Å². The lowest BCUT2D eigenvalue weighted by Crippen LogP contribution is -2.18. The third-order valence-corrected chi connectivity index (χ3v) is 2.98. The summed E-state index contributed by atoms with van der Waals surface area (Å²) in [5.41, 5.74) is 1.32. The zero-order chi connectivity index (χ0) is 14.7. The van der Waals surface area contributed by atoms with Crippen LogP contribution < -0.4 is 10.3 Å². The van der Waals surface area contributed by atoms with Crippen LogP contribution in [-0.2, 0) is 7.05 Å². The Morgan fingerprint density at radius 3 is 2.57 bits per heavy atom. The van der Waals surface area contributed by atoms with E-state index in [0.717, 1.165) is 5.56 Å². The van der Waals surface area contributed by atoms with Gasteiger partial charge >= 0.3 is 0 Å². The molecule has 0 fully saturated rings. The van der Waals surface area contributed by atoms with E-state index in [2.05, 4.69) is 10.1 Å². The molecule has 3 rings (SSSR count). The zero-order valence-corrected chi connectivity index (χ0v) is 11.4. The summed E-state index contributed by atoms with van der Waals surface area (Å²) < 4.78 is 7.09. The minimum atomic E-state index is -0.151. The molecule has 0 spiro atoms. The maximum atomic E-state index is 11.4. The molecule has 0 N–H and O–H groups in total. The van der Waals surface area contributed by atoms with E-state index in [1.807, 2.05) is 36.4 Å². The number of ether oxygens (including phenoxy) is 1. The molecule has 0 aliphatic carbocycles. The van der Waals surface area contributed by atoms with Gasteiger partial charge in [0.2, 0.25) is 5.88 Å². The second-order valence-electron chi connectivity index (χ2n) is 4.45. The molecular formula is C16H13N3O2. The highest BCUT2D eigenvalue weighted by Gasteiger charge is 2.09. The van der Waals surface area contributed by atoms with Gasteiger partial charge in [0, 0.05) is 30.9 Å². The fraction of sp³-hybridized carbons (Fsp3) is 0.0625. The van der Waals surface area contributed by atoms with Crippen LogP contribution in [0.3, 0.4) is 0 Å². The maximum Gasteiger partial charge on any atom is 0.266 e. The number of aryl methyl sites for hydroxylation is 1. The van der Waals surface area contributed by atoms with Crippen molar-refractivity contribution in [2.45, 2.75) is 0 Å². The Kier molecular flexibility index (Phi) is 3.47. The fourth-order valence-corrected chi connectivity index (χ4v) is 1.93. The second kappa shape index (κ2) is 5.58. The maximum absolute atomic E-state index is 11.4. The number of aromatic nitrogens is 3. The first-order chi connectivity index (χ1) is 10.2. The molecule has 0 saturated heterocycles. The Hall–Kier alpha value is -2.95. The summed E-state index contributed by atoms with van der Waals surface area (Å²) in [6.45, 7) is 0. The molecule has 5 nitrogen and oxygen atoms in total. The average molecular weight is 279 g/mol. The minimum absolute atomic E-state index is 0.151. The van der Waals surface area contributed by atoms with E-state index in [-0.39, 0.29) is 5.56 Å². The van der Waals surface area contributed by atoms with E-state index in [9.17, 15) is 4.79 Å². The lowest BCUT2D eigenvalue weighted by atomic mass is 10.1. The van der Waals surface area contributed by atoms with Gasteiger partial charge in [0.05, 0.1) is 5.69 Å². The molecule has 2 aromatic heterocycles. The number of para-hydroxylation sites is 1. The third-order valence-electron chi connectivity index (χ3n) is 2.98. The van der Waals surface area contributed by atoms with Crippen LogP contribution >= 0.6 is 0 Å². The van der Waals surface area contributed by atoms with Crippen LogP contribution in [0.2, 0.25) is 0 Å². The van der Waals surface area contributed by atoms with Crippen molar-refractivity contribution in [3.63, 3.8) is 0 Å². The van der Waals surface area contributed by atoms with Crippen LogP contribution in [0.5, 0.6) is 11.6 Å². The van der Waals surface area contributed by atoms with Crippen molar-refractivity contribution in [2.24, 2.45) is 7.05 Å². The van der Waals surface area contributed by atoms with Crippen LogP contribution in [0.4, 0.5) is 0 Å². The first-order valence-corrected chi connectivity index (χ1v) is 6.47. The highest BCUT2D eigenvalue weighted by molar-refractivity contribution is 5.66. The first kappa shape index (κ1) is 13.1. The quantitative estimate of drug-likeness (QED) is 0.739. The number of hydrogen-bond donors (Lipinski definition) is 0. The van der Waals surface area contributed by atoms with Crippen molar-refractivity contribution in [2.75, 3.05) is 0 Å². The Balaban J connectivity index is 2.03. The number of hydrogen-bond acceptors (Lipinski definition) is 4. The number of pyridine rings is 1. The first-order valence-electron chi connectivity index (χ1n) is 6.47. The van der Waals surface area contributed by atoms with E-state index < -0.39 is 0 Å². The van der Waals surface area contributed by atoms with Crippen molar-refractivity contribution in [3.05, 3.63) is 71.1 Å². The van der Waals surface area contributed by atoms with Crippen LogP contribution in [-0.4, -0.2) is 14.8 Å². The third kappa shape index (κ3) is 2.81. The van der Waals surface area contributed by atoms with Crippen LogP contribution in [0, 0.1) is 0 Å². The Bertz CT molecular complexity index is 813. The molecule has 0 aliphatic heterocycles. The summed E-state index contributed by atoms with van der Waals surface area (Å²) in [6.07, 6.45) is 1.67. The van der Waals surface area contributed by atoms with Crippen LogP contribution in [0.15, 0.2) is 65.6 Å². The largest absolute Gasteiger partial charge is 0.438 e. The normalized spacial score (nSPS) is 10.3. The van der Waals surface area contributed by atoms with Crippen LogP contribution in [0.1, 0.15) is 0 Å². The molecule has 0 radical (unpaired) electrons. The molecule has 0 amide bonds. The molecule has 0 bridgehead atoms. The van der Waals surface area contributed by atoms with Crippen molar-refractivity contribution >= 4 is 0 Å². The SMILES string of the molecule is Cn1nc(-c2ccccc2Oc2ccccn2)ccc1=O. The molecular weight excluding hydrogens is 266 g/mol. The van der Waals surface area contributed by atoms with Crippen molar-refractivity contribution in [3.8, 4) is 22.9 Å². The smallest absolute Gasteiger partial charge is 0.266 e. The summed E-state index contributed by atoms with van der Waals surface area (Å²) in [5.74, 6) is 1.15. The number of rotatable bonds is 3. The molecule has 0 saturated carbocycles. The summed E-state index contributed by atoms with van der Waals surface area (Å²) in [5, 5.41) is 4.25. The van der Waals surface area contributed by atoms with Crippen molar-refractivity contribution in [1.82, 2.24) is 14.8 Å². The van der Waals surface area contributed by atoms with E-state index in [1.54, 1.807) is 25.4 Å². The van der Waals surface area contributed by atoms with Gasteiger partial charge in [-0.15, -0.1) is 0 Å².